The number of hydrogen-bond donors (Lipinski definition) is 0. The molecule has 0 atom stereocenters. The van der Waals surface area contributed by atoms with Gasteiger partial charge in [-0.3, -0.25) is 4.79 Å². The Labute approximate surface area is 103 Å². The lowest BCUT2D eigenvalue weighted by atomic mass is 10.0. The zero-order valence-electron chi connectivity index (χ0n) is 11.3. The topological polar surface area (TPSA) is 47.8 Å². The highest BCUT2D eigenvalue weighted by atomic mass is 16.1. The van der Waals surface area contributed by atoms with E-state index in [2.05, 4.69) is 37.8 Å². The van der Waals surface area contributed by atoms with Gasteiger partial charge in [-0.1, -0.05) is 27.7 Å². The Morgan fingerprint density at radius 3 is 2.59 bits per heavy atom. The minimum absolute atomic E-state index is 0.261. The van der Waals surface area contributed by atoms with Crippen LogP contribution in [0.15, 0.2) is 6.33 Å². The Kier molecular flexibility index (Phi) is 5.32. The van der Waals surface area contributed by atoms with E-state index in [9.17, 15) is 4.79 Å². The molecule has 0 radical (unpaired) electrons. The Bertz CT molecular complexity index is 355. The lowest BCUT2D eigenvalue weighted by Crippen LogP contribution is -2.14. The van der Waals surface area contributed by atoms with Gasteiger partial charge in [-0.05, 0) is 18.3 Å². The van der Waals surface area contributed by atoms with Crippen molar-refractivity contribution >= 4 is 5.78 Å². The van der Waals surface area contributed by atoms with Crippen molar-refractivity contribution in [3.05, 3.63) is 12.2 Å². The SMILES string of the molecule is CC(C)CCC(=O)Cc1ncnn1CC(C)C. The normalized spacial score (nSPS) is 11.4. The van der Waals surface area contributed by atoms with Gasteiger partial charge in [0.2, 0.25) is 0 Å². The summed E-state index contributed by atoms with van der Waals surface area (Å²) in [6, 6.07) is 0. The summed E-state index contributed by atoms with van der Waals surface area (Å²) in [6.07, 6.45) is 3.55. The van der Waals surface area contributed by atoms with Crippen LogP contribution in [0.3, 0.4) is 0 Å². The van der Waals surface area contributed by atoms with Crippen molar-refractivity contribution in [1.29, 1.82) is 0 Å². The van der Waals surface area contributed by atoms with E-state index in [4.69, 9.17) is 0 Å². The summed E-state index contributed by atoms with van der Waals surface area (Å²) in [4.78, 5) is 15.9. The predicted octanol–water partition coefficient (Wildman–Crippen LogP) is 2.48. The Balaban J connectivity index is 2.50. The van der Waals surface area contributed by atoms with Gasteiger partial charge in [-0.15, -0.1) is 0 Å². The second-order valence-corrected chi connectivity index (χ2v) is 5.40. The fourth-order valence-electron chi connectivity index (χ4n) is 1.64. The van der Waals surface area contributed by atoms with Gasteiger partial charge in [-0.25, -0.2) is 9.67 Å². The zero-order valence-corrected chi connectivity index (χ0v) is 11.3. The van der Waals surface area contributed by atoms with Crippen LogP contribution < -0.4 is 0 Å². The third kappa shape index (κ3) is 5.11. The average molecular weight is 237 g/mol. The average Bonchev–Trinajstić information content (AvgIpc) is 2.62. The lowest BCUT2D eigenvalue weighted by molar-refractivity contribution is -0.118. The van der Waals surface area contributed by atoms with Crippen LogP contribution in [0.25, 0.3) is 0 Å². The molecule has 0 fully saturated rings. The summed E-state index contributed by atoms with van der Waals surface area (Å²) >= 11 is 0. The largest absolute Gasteiger partial charge is 0.299 e. The van der Waals surface area contributed by atoms with Crippen LogP contribution in [-0.4, -0.2) is 20.5 Å². The van der Waals surface area contributed by atoms with E-state index in [0.717, 1.165) is 18.8 Å². The minimum Gasteiger partial charge on any atom is -0.299 e. The van der Waals surface area contributed by atoms with Crippen LogP contribution in [0.5, 0.6) is 0 Å². The van der Waals surface area contributed by atoms with Gasteiger partial charge < -0.3 is 0 Å². The summed E-state index contributed by atoms with van der Waals surface area (Å²) < 4.78 is 1.85. The molecule has 4 heteroatoms. The third-order valence-corrected chi connectivity index (χ3v) is 2.59. The Morgan fingerprint density at radius 2 is 2.00 bits per heavy atom. The summed E-state index contributed by atoms with van der Waals surface area (Å²) in [7, 11) is 0. The molecule has 0 aliphatic heterocycles. The molecule has 1 aromatic heterocycles. The van der Waals surface area contributed by atoms with Crippen molar-refractivity contribution in [2.24, 2.45) is 11.8 Å². The number of nitrogens with zero attached hydrogens (tertiary/aromatic N) is 3. The van der Waals surface area contributed by atoms with Gasteiger partial charge in [0.1, 0.15) is 17.9 Å². The second-order valence-electron chi connectivity index (χ2n) is 5.40. The molecule has 1 rings (SSSR count). The van der Waals surface area contributed by atoms with Gasteiger partial charge >= 0.3 is 0 Å². The molecule has 17 heavy (non-hydrogen) atoms. The van der Waals surface area contributed by atoms with E-state index in [1.165, 1.54) is 6.33 Å². The molecule has 0 saturated carbocycles. The number of carbonyl (C=O) groups is 1. The molecular weight excluding hydrogens is 214 g/mol. The van der Waals surface area contributed by atoms with Crippen molar-refractivity contribution in [2.45, 2.75) is 53.5 Å². The molecule has 0 aromatic carbocycles. The second kappa shape index (κ2) is 6.52. The molecule has 0 amide bonds. The van der Waals surface area contributed by atoms with Crippen LogP contribution >= 0.6 is 0 Å². The van der Waals surface area contributed by atoms with E-state index < -0.39 is 0 Å². The summed E-state index contributed by atoms with van der Waals surface area (Å²) in [5.41, 5.74) is 0. The van der Waals surface area contributed by atoms with Crippen molar-refractivity contribution in [3.8, 4) is 0 Å². The number of ketones is 1. The predicted molar refractivity (Wildman–Crippen MR) is 67.6 cm³/mol. The van der Waals surface area contributed by atoms with E-state index >= 15 is 0 Å². The van der Waals surface area contributed by atoms with Crippen molar-refractivity contribution in [2.75, 3.05) is 0 Å². The maximum Gasteiger partial charge on any atom is 0.140 e. The molecule has 0 bridgehead atoms. The summed E-state index contributed by atoms with van der Waals surface area (Å²) in [5, 5.41) is 4.16. The Hall–Kier alpha value is -1.19. The highest BCUT2D eigenvalue weighted by molar-refractivity contribution is 5.80. The first-order chi connectivity index (χ1) is 7.99. The lowest BCUT2D eigenvalue weighted by Gasteiger charge is -2.08. The number of rotatable bonds is 7. The number of Topliss-reactive ketones (excluding diaryl/α,β-unsaturated/α-hetero) is 1. The van der Waals surface area contributed by atoms with Gasteiger partial charge in [0.05, 0.1) is 6.42 Å². The number of aromatic nitrogens is 3. The number of hydrogen-bond acceptors (Lipinski definition) is 3. The fraction of sp³-hybridized carbons (Fsp3) is 0.769. The molecule has 0 saturated heterocycles. The molecule has 0 N–H and O–H groups in total. The van der Waals surface area contributed by atoms with E-state index in [1.54, 1.807) is 0 Å². The highest BCUT2D eigenvalue weighted by Crippen LogP contribution is 2.08. The van der Waals surface area contributed by atoms with E-state index in [-0.39, 0.29) is 5.78 Å². The maximum atomic E-state index is 11.8. The third-order valence-electron chi connectivity index (χ3n) is 2.59. The van der Waals surface area contributed by atoms with Gasteiger partial charge in [0.25, 0.3) is 0 Å². The number of carbonyl (C=O) groups excluding carboxylic acids is 1. The smallest absolute Gasteiger partial charge is 0.140 e. The van der Waals surface area contributed by atoms with Crippen LogP contribution in [0.2, 0.25) is 0 Å². The van der Waals surface area contributed by atoms with Gasteiger partial charge in [0, 0.05) is 13.0 Å². The first-order valence-electron chi connectivity index (χ1n) is 6.37. The summed E-state index contributed by atoms with van der Waals surface area (Å²) in [5.74, 6) is 2.15. The molecule has 1 heterocycles. The van der Waals surface area contributed by atoms with Crippen molar-refractivity contribution < 1.29 is 4.79 Å². The van der Waals surface area contributed by atoms with Crippen LogP contribution in [0, 0.1) is 11.8 Å². The standard InChI is InChI=1S/C13H23N3O/c1-10(2)5-6-12(17)7-13-14-9-15-16(13)8-11(3)4/h9-11H,5-8H2,1-4H3. The molecule has 1 aromatic rings. The Morgan fingerprint density at radius 1 is 1.29 bits per heavy atom. The van der Waals surface area contributed by atoms with Crippen molar-refractivity contribution in [3.63, 3.8) is 0 Å². The molecule has 4 nitrogen and oxygen atoms in total. The van der Waals surface area contributed by atoms with Gasteiger partial charge in [0.15, 0.2) is 0 Å². The molecular formula is C13H23N3O. The quantitative estimate of drug-likeness (QED) is 0.732. The molecule has 0 spiro atoms. The van der Waals surface area contributed by atoms with Gasteiger partial charge in [-0.2, -0.15) is 5.10 Å². The maximum absolute atomic E-state index is 11.8. The monoisotopic (exact) mass is 237 g/mol. The van der Waals surface area contributed by atoms with E-state index in [0.29, 0.717) is 24.7 Å². The van der Waals surface area contributed by atoms with Crippen LogP contribution in [-0.2, 0) is 17.8 Å². The first-order valence-corrected chi connectivity index (χ1v) is 6.37. The molecule has 96 valence electrons. The van der Waals surface area contributed by atoms with Crippen LogP contribution in [0.4, 0.5) is 0 Å². The minimum atomic E-state index is 0.261. The highest BCUT2D eigenvalue weighted by Gasteiger charge is 2.11. The summed E-state index contributed by atoms with van der Waals surface area (Å²) in [6.45, 7) is 9.36. The van der Waals surface area contributed by atoms with Crippen LogP contribution in [0.1, 0.15) is 46.4 Å². The van der Waals surface area contributed by atoms with Crippen molar-refractivity contribution in [1.82, 2.24) is 14.8 Å². The zero-order chi connectivity index (χ0) is 12.8. The molecule has 0 aliphatic rings. The van der Waals surface area contributed by atoms with E-state index in [1.807, 2.05) is 4.68 Å². The first kappa shape index (κ1) is 13.9. The molecule has 0 unspecified atom stereocenters. The fourth-order valence-corrected chi connectivity index (χ4v) is 1.64. The molecule has 0 aliphatic carbocycles.